The van der Waals surface area contributed by atoms with E-state index in [1.54, 1.807) is 7.11 Å². The molecular weight excluding hydrogens is 340 g/mol. The summed E-state index contributed by atoms with van der Waals surface area (Å²) in [5, 5.41) is 3.55. The van der Waals surface area contributed by atoms with Crippen molar-refractivity contribution in [1.29, 1.82) is 0 Å². The van der Waals surface area contributed by atoms with E-state index in [2.05, 4.69) is 47.2 Å². The number of ether oxygens (including phenoxy) is 1. The second-order valence-electron chi connectivity index (χ2n) is 5.92. The lowest BCUT2D eigenvalue weighted by Gasteiger charge is -2.18. The molecule has 0 bridgehead atoms. The number of methoxy groups -OCH3 is 1. The Bertz CT molecular complexity index is 740. The molecule has 4 heteroatoms. The minimum Gasteiger partial charge on any atom is -0.496 e. The van der Waals surface area contributed by atoms with Crippen LogP contribution in [0.25, 0.3) is 0 Å². The predicted octanol–water partition coefficient (Wildman–Crippen LogP) is 5.01. The van der Waals surface area contributed by atoms with Crippen LogP contribution in [-0.2, 0) is 12.8 Å². The van der Waals surface area contributed by atoms with Gasteiger partial charge in [0.25, 0.3) is 0 Å². The summed E-state index contributed by atoms with van der Waals surface area (Å²) < 4.78 is 6.54. The second kappa shape index (κ2) is 5.92. The summed E-state index contributed by atoms with van der Waals surface area (Å²) in [5.41, 5.74) is 7.33. The molecule has 0 aliphatic heterocycles. The lowest BCUT2D eigenvalue weighted by atomic mass is 10.0. The zero-order valence-corrected chi connectivity index (χ0v) is 15.1. The number of pyridine rings is 1. The van der Waals surface area contributed by atoms with Gasteiger partial charge in [0.05, 0.1) is 11.6 Å². The number of rotatable bonds is 3. The van der Waals surface area contributed by atoms with Crippen molar-refractivity contribution in [2.45, 2.75) is 40.0 Å². The molecule has 0 amide bonds. The van der Waals surface area contributed by atoms with E-state index in [0.717, 1.165) is 45.8 Å². The first-order valence-electron chi connectivity index (χ1n) is 7.61. The third-order valence-electron chi connectivity index (χ3n) is 4.50. The fraction of sp³-hybridized carbons (Fsp3) is 0.389. The lowest BCUT2D eigenvalue weighted by Crippen LogP contribution is -2.04. The number of nitrogens with zero attached hydrogens (tertiary/aromatic N) is 1. The third kappa shape index (κ3) is 2.60. The van der Waals surface area contributed by atoms with E-state index in [9.17, 15) is 0 Å². The van der Waals surface area contributed by atoms with Gasteiger partial charge in [-0.15, -0.1) is 0 Å². The van der Waals surface area contributed by atoms with Gasteiger partial charge in [0.1, 0.15) is 11.6 Å². The number of nitrogens with one attached hydrogen (secondary N) is 1. The Morgan fingerprint density at radius 1 is 1.18 bits per heavy atom. The van der Waals surface area contributed by atoms with Crippen LogP contribution in [-0.4, -0.2) is 12.1 Å². The highest BCUT2D eigenvalue weighted by Crippen LogP contribution is 2.39. The van der Waals surface area contributed by atoms with Crippen LogP contribution in [0.5, 0.6) is 5.75 Å². The molecule has 22 heavy (non-hydrogen) atoms. The highest BCUT2D eigenvalue weighted by molar-refractivity contribution is 9.10. The van der Waals surface area contributed by atoms with Crippen LogP contribution in [0.4, 0.5) is 11.5 Å². The van der Waals surface area contributed by atoms with Crippen LogP contribution in [0.3, 0.4) is 0 Å². The van der Waals surface area contributed by atoms with Crippen LogP contribution in [0.15, 0.2) is 16.6 Å². The van der Waals surface area contributed by atoms with E-state index in [4.69, 9.17) is 9.72 Å². The standard InChI is InChI=1S/C18H21BrN2O/c1-10-8-15(19)18(20-12(10)3)21-17-11(2)16(22-4)9-13-6-5-7-14(13)17/h8-9H,5-7H2,1-4H3,(H,20,21). The van der Waals surface area contributed by atoms with Crippen molar-refractivity contribution in [2.24, 2.45) is 0 Å². The minimum absolute atomic E-state index is 0.869. The molecule has 3 nitrogen and oxygen atoms in total. The second-order valence-corrected chi connectivity index (χ2v) is 6.77. The van der Waals surface area contributed by atoms with Crippen molar-refractivity contribution in [3.8, 4) is 5.75 Å². The molecule has 0 spiro atoms. The number of aromatic nitrogens is 1. The van der Waals surface area contributed by atoms with Crippen molar-refractivity contribution in [3.05, 3.63) is 44.6 Å². The Labute approximate surface area is 140 Å². The summed E-state index contributed by atoms with van der Waals surface area (Å²) in [5.74, 6) is 1.82. The Kier molecular flexibility index (Phi) is 4.13. The largest absolute Gasteiger partial charge is 0.496 e. The summed E-state index contributed by atoms with van der Waals surface area (Å²) in [6.07, 6.45) is 3.45. The maximum absolute atomic E-state index is 5.55. The molecule has 1 aromatic carbocycles. The van der Waals surface area contributed by atoms with Gasteiger partial charge in [-0.2, -0.15) is 0 Å². The van der Waals surface area contributed by atoms with Gasteiger partial charge < -0.3 is 10.1 Å². The molecule has 0 saturated carbocycles. The SMILES string of the molecule is COc1cc2c(c(Nc3nc(C)c(C)cc3Br)c1C)CCC2. The first kappa shape index (κ1) is 15.3. The fourth-order valence-corrected chi connectivity index (χ4v) is 3.62. The zero-order chi connectivity index (χ0) is 15.9. The zero-order valence-electron chi connectivity index (χ0n) is 13.5. The van der Waals surface area contributed by atoms with E-state index < -0.39 is 0 Å². The van der Waals surface area contributed by atoms with Crippen molar-refractivity contribution in [2.75, 3.05) is 12.4 Å². The minimum atomic E-state index is 0.869. The smallest absolute Gasteiger partial charge is 0.145 e. The van der Waals surface area contributed by atoms with Gasteiger partial charge in [0.15, 0.2) is 0 Å². The Hall–Kier alpha value is -1.55. The summed E-state index contributed by atoms with van der Waals surface area (Å²) in [4.78, 5) is 4.69. The first-order chi connectivity index (χ1) is 10.5. The van der Waals surface area contributed by atoms with Gasteiger partial charge in [0.2, 0.25) is 0 Å². The Balaban J connectivity index is 2.10. The Morgan fingerprint density at radius 3 is 2.68 bits per heavy atom. The molecule has 1 N–H and O–H groups in total. The molecular formula is C18H21BrN2O. The molecule has 0 saturated heterocycles. The van der Waals surface area contributed by atoms with Gasteiger partial charge in [0, 0.05) is 16.9 Å². The molecule has 116 valence electrons. The fourth-order valence-electron chi connectivity index (χ4n) is 3.09. The van der Waals surface area contributed by atoms with Crippen LogP contribution in [0, 0.1) is 20.8 Å². The van der Waals surface area contributed by atoms with Crippen LogP contribution < -0.4 is 10.1 Å². The number of benzene rings is 1. The third-order valence-corrected chi connectivity index (χ3v) is 5.10. The molecule has 1 aromatic heterocycles. The summed E-state index contributed by atoms with van der Waals surface area (Å²) in [6, 6.07) is 4.30. The van der Waals surface area contributed by atoms with Crippen molar-refractivity contribution < 1.29 is 4.74 Å². The average Bonchev–Trinajstić information content (AvgIpc) is 2.95. The summed E-state index contributed by atoms with van der Waals surface area (Å²) in [6.45, 7) is 6.22. The normalized spacial score (nSPS) is 13.1. The number of hydrogen-bond acceptors (Lipinski definition) is 3. The monoisotopic (exact) mass is 360 g/mol. The lowest BCUT2D eigenvalue weighted by molar-refractivity contribution is 0.411. The summed E-state index contributed by atoms with van der Waals surface area (Å²) >= 11 is 3.62. The van der Waals surface area contributed by atoms with Crippen molar-refractivity contribution >= 4 is 27.4 Å². The van der Waals surface area contributed by atoms with Crippen LogP contribution in [0.2, 0.25) is 0 Å². The van der Waals surface area contributed by atoms with Gasteiger partial charge in [-0.3, -0.25) is 0 Å². The molecule has 0 fully saturated rings. The topological polar surface area (TPSA) is 34.1 Å². The molecule has 3 rings (SSSR count). The van der Waals surface area contributed by atoms with E-state index in [1.807, 2.05) is 6.92 Å². The molecule has 2 aromatic rings. The number of aryl methyl sites for hydroxylation is 3. The number of anilines is 2. The van der Waals surface area contributed by atoms with Crippen molar-refractivity contribution in [1.82, 2.24) is 4.98 Å². The van der Waals surface area contributed by atoms with Crippen LogP contribution in [0.1, 0.15) is 34.4 Å². The van der Waals surface area contributed by atoms with Crippen molar-refractivity contribution in [3.63, 3.8) is 0 Å². The van der Waals surface area contributed by atoms with Gasteiger partial charge in [-0.25, -0.2) is 4.98 Å². The van der Waals surface area contributed by atoms with E-state index in [-0.39, 0.29) is 0 Å². The maximum atomic E-state index is 5.55. The van der Waals surface area contributed by atoms with E-state index >= 15 is 0 Å². The quantitative estimate of drug-likeness (QED) is 0.834. The van der Waals surface area contributed by atoms with Crippen LogP contribution >= 0.6 is 15.9 Å². The molecule has 1 heterocycles. The first-order valence-corrected chi connectivity index (χ1v) is 8.40. The van der Waals surface area contributed by atoms with Gasteiger partial charge in [-0.05, 0) is 84.8 Å². The molecule has 1 aliphatic rings. The van der Waals surface area contributed by atoms with E-state index in [0.29, 0.717) is 0 Å². The number of halogens is 1. The average molecular weight is 361 g/mol. The van der Waals surface area contributed by atoms with Gasteiger partial charge in [-0.1, -0.05) is 0 Å². The Morgan fingerprint density at radius 2 is 1.95 bits per heavy atom. The molecule has 0 radical (unpaired) electrons. The van der Waals surface area contributed by atoms with Gasteiger partial charge >= 0.3 is 0 Å². The molecule has 1 aliphatic carbocycles. The molecule has 0 atom stereocenters. The van der Waals surface area contributed by atoms with E-state index in [1.165, 1.54) is 23.1 Å². The maximum Gasteiger partial charge on any atom is 0.145 e. The summed E-state index contributed by atoms with van der Waals surface area (Å²) in [7, 11) is 1.73. The highest BCUT2D eigenvalue weighted by Gasteiger charge is 2.21. The highest BCUT2D eigenvalue weighted by atomic mass is 79.9. The predicted molar refractivity (Wildman–Crippen MR) is 94.4 cm³/mol. The number of hydrogen-bond donors (Lipinski definition) is 1. The molecule has 0 unspecified atom stereocenters. The number of fused-ring (bicyclic) bond motifs is 1.